The van der Waals surface area contributed by atoms with Crippen LogP contribution in [0.4, 0.5) is 0 Å². The Hall–Kier alpha value is -1.81. The second kappa shape index (κ2) is 18.1. The smallest absolute Gasteiger partial charge is 0.296 e. The number of carbonyl (C=O) groups is 1. The lowest BCUT2D eigenvalue weighted by molar-refractivity contribution is -0.139. The third-order valence-electron chi connectivity index (χ3n) is 13.2. The van der Waals surface area contributed by atoms with E-state index in [1.807, 2.05) is 85.8 Å². The van der Waals surface area contributed by atoms with Gasteiger partial charge < -0.3 is 4.43 Å². The summed E-state index contributed by atoms with van der Waals surface area (Å²) < 4.78 is 23.4. The van der Waals surface area contributed by atoms with Gasteiger partial charge in [0.15, 0.2) is 0 Å². The normalized spacial score (nSPS) is 14.3. The molecule has 0 radical (unpaired) electrons. The molecule has 0 aliphatic carbocycles. The molecule has 3 aromatic rings. The van der Waals surface area contributed by atoms with Crippen molar-refractivity contribution in [1.29, 1.82) is 0 Å². The minimum atomic E-state index is -3.36. The van der Waals surface area contributed by atoms with Crippen molar-refractivity contribution in [1.82, 2.24) is 5.09 Å². The first-order valence-corrected chi connectivity index (χ1v) is 33.7. The summed E-state index contributed by atoms with van der Waals surface area (Å²) in [5.41, 5.74) is 0.964. The number of hydrogen-bond donors (Lipinski definition) is 1. The molecule has 0 saturated heterocycles. The highest BCUT2D eigenvalue weighted by molar-refractivity contribution is 7.88. The number of nitrogens with one attached hydrogen (secondary N) is 1. The molecule has 270 valence electrons. The van der Waals surface area contributed by atoms with Crippen LogP contribution in [-0.2, 0) is 13.8 Å². The van der Waals surface area contributed by atoms with E-state index in [-0.39, 0.29) is 5.97 Å². The lowest BCUT2D eigenvalue weighted by Crippen LogP contribution is -2.90. The molecule has 9 heteroatoms. The maximum atomic E-state index is 15.5. The molecular weight excluding hydrogens is 686 g/mol. The summed E-state index contributed by atoms with van der Waals surface area (Å²) in [6.45, 7) is 21.4. The molecule has 0 saturated carbocycles. The van der Waals surface area contributed by atoms with Crippen molar-refractivity contribution < 1.29 is 13.8 Å². The maximum absolute atomic E-state index is 15.5. The van der Waals surface area contributed by atoms with E-state index >= 15 is 9.36 Å². The van der Waals surface area contributed by atoms with Gasteiger partial charge in [-0.3, -0.25) is 14.4 Å². The van der Waals surface area contributed by atoms with Crippen molar-refractivity contribution in [3.05, 3.63) is 96.6 Å². The van der Waals surface area contributed by atoms with Gasteiger partial charge in [-0.25, -0.2) is 0 Å². The van der Waals surface area contributed by atoms with Crippen LogP contribution >= 0.6 is 7.29 Å². The van der Waals surface area contributed by atoms with E-state index < -0.39 is 48.9 Å². The highest BCUT2D eigenvalue weighted by Crippen LogP contribution is 2.52. The molecule has 0 aromatic heterocycles. The van der Waals surface area contributed by atoms with Gasteiger partial charge in [-0.15, -0.1) is 0 Å². The number of rotatable bonds is 20. The van der Waals surface area contributed by atoms with Crippen LogP contribution in [0.25, 0.3) is 0 Å². The van der Waals surface area contributed by atoms with E-state index in [9.17, 15) is 0 Å². The summed E-state index contributed by atoms with van der Waals surface area (Å²) in [7, 11) is -9.43. The SMILES string of the molecule is CC[Si](CC)(CC)[Si](OC(=O)C(C)C(NP(=O)(c1ccccc1)c1ccccc1)c1ccccc1)([Si](CC)(CC)CC)[Si](CC)(CC)CC. The Bertz CT molecular complexity index is 1360. The minimum Gasteiger partial charge on any atom is -0.527 e. The van der Waals surface area contributed by atoms with E-state index in [1.165, 1.54) is 54.4 Å². The van der Waals surface area contributed by atoms with Crippen LogP contribution in [0.3, 0.4) is 0 Å². The van der Waals surface area contributed by atoms with Crippen LogP contribution in [0.1, 0.15) is 80.8 Å². The summed E-state index contributed by atoms with van der Waals surface area (Å²) in [5.74, 6) is -0.575. The van der Waals surface area contributed by atoms with Crippen LogP contribution in [0, 0.1) is 5.92 Å². The van der Waals surface area contributed by atoms with E-state index in [0.717, 1.165) is 16.2 Å². The summed E-state index contributed by atoms with van der Waals surface area (Å²) in [6.07, 6.45) is 0. The molecule has 0 aliphatic rings. The zero-order chi connectivity index (χ0) is 36.3. The molecule has 0 amide bonds. The Labute approximate surface area is 303 Å². The second-order valence-corrected chi connectivity index (χ2v) is 52.7. The molecule has 3 aromatic carbocycles. The summed E-state index contributed by atoms with van der Waals surface area (Å²) in [4.78, 5) is 15.5. The standard InChI is InChI=1S/C40H66NO3PSi4/c1-11-46(12-2,13-3)49(47(14-4,15-5)16-6,48(17-7,18-8)19-9)44-40(42)35(10)39(36-29-23-20-24-30-36)41-45(43,37-31-25-21-26-32-37)38-33-27-22-28-34-38/h20-35,39H,11-19H2,1-10H3,(H,41,43). The Kier molecular flexibility index (Phi) is 15.4. The zero-order valence-electron chi connectivity index (χ0n) is 32.4. The van der Waals surface area contributed by atoms with Gasteiger partial charge in [-0.2, -0.15) is 0 Å². The van der Waals surface area contributed by atoms with Gasteiger partial charge in [0.1, 0.15) is 0 Å². The molecule has 0 spiro atoms. The van der Waals surface area contributed by atoms with E-state index in [0.29, 0.717) is 0 Å². The predicted molar refractivity (Wildman–Crippen MR) is 225 cm³/mol. The van der Waals surface area contributed by atoms with Gasteiger partial charge >= 0.3 is 0 Å². The third-order valence-corrected chi connectivity index (χ3v) is 85.6. The average molecular weight is 752 g/mol. The van der Waals surface area contributed by atoms with Crippen LogP contribution in [0.2, 0.25) is 54.4 Å². The zero-order valence-corrected chi connectivity index (χ0v) is 37.2. The summed E-state index contributed by atoms with van der Waals surface area (Å²) in [5, 5.41) is 5.17. The lowest BCUT2D eigenvalue weighted by Gasteiger charge is -2.63. The Morgan fingerprint density at radius 2 is 0.878 bits per heavy atom. The molecule has 0 fully saturated rings. The highest BCUT2D eigenvalue weighted by atomic mass is 31.2. The fourth-order valence-electron chi connectivity index (χ4n) is 9.79. The Morgan fingerprint density at radius 3 is 1.18 bits per heavy atom. The van der Waals surface area contributed by atoms with E-state index in [2.05, 4.69) is 79.5 Å². The predicted octanol–water partition coefficient (Wildman–Crippen LogP) is 11.1. The lowest BCUT2D eigenvalue weighted by atomic mass is 9.96. The van der Waals surface area contributed by atoms with E-state index in [4.69, 9.17) is 4.43 Å². The van der Waals surface area contributed by atoms with Crippen molar-refractivity contribution in [3.63, 3.8) is 0 Å². The summed E-state index contributed by atoms with van der Waals surface area (Å²) >= 11 is 0. The van der Waals surface area contributed by atoms with Gasteiger partial charge in [0.2, 0.25) is 14.2 Å². The van der Waals surface area contributed by atoms with Crippen molar-refractivity contribution in [2.24, 2.45) is 5.92 Å². The topological polar surface area (TPSA) is 55.4 Å². The fourth-order valence-corrected chi connectivity index (χ4v) is 111. The third kappa shape index (κ3) is 7.43. The number of hydrogen-bond acceptors (Lipinski definition) is 3. The van der Waals surface area contributed by atoms with Gasteiger partial charge in [-0.05, 0) is 29.8 Å². The Balaban J connectivity index is 2.35. The minimum absolute atomic E-state index is 0.0487. The molecule has 0 bridgehead atoms. The molecule has 4 nitrogen and oxygen atoms in total. The fraction of sp³-hybridized carbons (Fsp3) is 0.525. The van der Waals surface area contributed by atoms with Crippen LogP contribution in [0.15, 0.2) is 91.0 Å². The van der Waals surface area contributed by atoms with Gasteiger partial charge in [0.05, 0.1) is 34.7 Å². The largest absolute Gasteiger partial charge is 0.527 e. The van der Waals surface area contributed by atoms with Crippen molar-refractivity contribution in [2.45, 2.75) is 130 Å². The molecular formula is C40H66NO3PSi4. The average Bonchev–Trinajstić information content (AvgIpc) is 3.17. The van der Waals surface area contributed by atoms with Gasteiger partial charge in [0, 0.05) is 10.6 Å². The molecule has 49 heavy (non-hydrogen) atoms. The Morgan fingerprint density at radius 1 is 0.571 bits per heavy atom. The first-order valence-electron chi connectivity index (χ1n) is 19.3. The second-order valence-electron chi connectivity index (χ2n) is 14.2. The molecule has 1 N–H and O–H groups in total. The van der Waals surface area contributed by atoms with Crippen molar-refractivity contribution in [2.75, 3.05) is 0 Å². The van der Waals surface area contributed by atoms with Crippen molar-refractivity contribution >= 4 is 53.5 Å². The number of benzene rings is 3. The quantitative estimate of drug-likeness (QED) is 0.0923. The monoisotopic (exact) mass is 751 g/mol. The van der Waals surface area contributed by atoms with Crippen molar-refractivity contribution in [3.8, 4) is 0 Å². The highest BCUT2D eigenvalue weighted by Gasteiger charge is 2.74. The molecule has 2 atom stereocenters. The maximum Gasteiger partial charge on any atom is 0.296 e. The van der Waals surface area contributed by atoms with Crippen LogP contribution in [-0.4, -0.2) is 35.6 Å². The van der Waals surface area contributed by atoms with E-state index in [1.54, 1.807) is 0 Å². The number of carbonyl (C=O) groups excluding carboxylic acids is 1. The summed E-state index contributed by atoms with van der Waals surface area (Å²) in [6, 6.07) is 40.0. The van der Waals surface area contributed by atoms with Crippen LogP contribution in [0.5, 0.6) is 0 Å². The molecule has 2 unspecified atom stereocenters. The van der Waals surface area contributed by atoms with Gasteiger partial charge in [0.25, 0.3) is 5.97 Å². The van der Waals surface area contributed by atoms with Gasteiger partial charge in [-0.1, -0.05) is 190 Å². The molecule has 0 aliphatic heterocycles. The molecule has 3 rings (SSSR count). The first kappa shape index (κ1) is 41.6. The van der Waals surface area contributed by atoms with Crippen LogP contribution < -0.4 is 15.7 Å². The molecule has 0 heterocycles. The first-order chi connectivity index (χ1) is 23.5.